The fraction of sp³-hybridized carbons (Fsp3) is 0.417. The van der Waals surface area contributed by atoms with Crippen LogP contribution in [0.15, 0.2) is 18.2 Å². The Kier molecular flexibility index (Phi) is 2.93. The molecule has 0 radical (unpaired) electrons. The Morgan fingerprint density at radius 1 is 1.50 bits per heavy atom. The molecule has 1 saturated carbocycles. The molecule has 0 amide bonds. The number of nitrogens with zero attached hydrogens (tertiary/aromatic N) is 1. The predicted octanol–water partition coefficient (Wildman–Crippen LogP) is 2.99. The molecule has 2 N–H and O–H groups in total. The number of halogens is 1. The maximum Gasteiger partial charge on any atom is 0.142 e. The predicted molar refractivity (Wildman–Crippen MR) is 63.3 cm³/mol. The van der Waals surface area contributed by atoms with Crippen molar-refractivity contribution in [2.45, 2.75) is 19.3 Å². The molecule has 84 valence electrons. The molecule has 1 aromatic carbocycles. The van der Waals surface area contributed by atoms with Crippen LogP contribution in [0.3, 0.4) is 0 Å². The number of rotatable bonds is 4. The lowest BCUT2D eigenvalue weighted by Gasteiger charge is -2.14. The molecular weight excluding hydrogens is 224 g/mol. The van der Waals surface area contributed by atoms with Gasteiger partial charge in [-0.3, -0.25) is 0 Å². The van der Waals surface area contributed by atoms with Crippen LogP contribution < -0.4 is 10.5 Å². The molecule has 1 fully saturated rings. The number of benzene rings is 1. The molecule has 0 bridgehead atoms. The van der Waals surface area contributed by atoms with Crippen molar-refractivity contribution in [1.82, 2.24) is 0 Å². The van der Waals surface area contributed by atoms with Crippen LogP contribution in [0.4, 0.5) is 5.69 Å². The standard InChI is InChI=1S/C12H13ClN2O/c13-9-1-2-11(10(15)7-9)16-8-12(3-4-12)5-6-14/h1-2,7H,3-5,8,15H2. The van der Waals surface area contributed by atoms with Crippen molar-refractivity contribution in [2.24, 2.45) is 5.41 Å². The lowest BCUT2D eigenvalue weighted by atomic mass is 10.1. The van der Waals surface area contributed by atoms with E-state index in [4.69, 9.17) is 27.3 Å². The molecule has 0 saturated heterocycles. The molecule has 4 heteroatoms. The Morgan fingerprint density at radius 3 is 2.81 bits per heavy atom. The Labute approximate surface area is 99.8 Å². The molecular formula is C12H13ClN2O. The Hall–Kier alpha value is -1.40. The zero-order valence-corrected chi connectivity index (χ0v) is 9.63. The summed E-state index contributed by atoms with van der Waals surface area (Å²) in [7, 11) is 0. The molecule has 16 heavy (non-hydrogen) atoms. The van der Waals surface area contributed by atoms with Gasteiger partial charge in [-0.1, -0.05) is 11.6 Å². The number of hydrogen-bond donors (Lipinski definition) is 1. The third-order valence-electron chi connectivity index (χ3n) is 2.92. The first-order valence-electron chi connectivity index (χ1n) is 5.20. The second-order valence-corrected chi connectivity index (χ2v) is 4.74. The zero-order chi connectivity index (χ0) is 11.6. The molecule has 0 aliphatic heterocycles. The molecule has 0 unspecified atom stereocenters. The average Bonchev–Trinajstić information content (AvgIpc) is 2.98. The normalized spacial score (nSPS) is 16.5. The zero-order valence-electron chi connectivity index (χ0n) is 8.87. The Balaban J connectivity index is 1.98. The van der Waals surface area contributed by atoms with Gasteiger partial charge in [0.05, 0.1) is 18.4 Å². The maximum absolute atomic E-state index is 8.68. The van der Waals surface area contributed by atoms with Gasteiger partial charge in [-0.2, -0.15) is 5.26 Å². The highest BCUT2D eigenvalue weighted by atomic mass is 35.5. The average molecular weight is 237 g/mol. The van der Waals surface area contributed by atoms with Crippen molar-refractivity contribution >= 4 is 17.3 Å². The minimum atomic E-state index is 0.0703. The van der Waals surface area contributed by atoms with E-state index < -0.39 is 0 Å². The summed E-state index contributed by atoms with van der Waals surface area (Å²) >= 11 is 5.79. The monoisotopic (exact) mass is 236 g/mol. The van der Waals surface area contributed by atoms with Crippen LogP contribution in [0, 0.1) is 16.7 Å². The van der Waals surface area contributed by atoms with Crippen molar-refractivity contribution < 1.29 is 4.74 Å². The van der Waals surface area contributed by atoms with E-state index in [9.17, 15) is 0 Å². The van der Waals surface area contributed by atoms with Crippen LogP contribution in [-0.2, 0) is 0 Å². The number of anilines is 1. The van der Waals surface area contributed by atoms with Crippen molar-refractivity contribution in [1.29, 1.82) is 5.26 Å². The molecule has 1 aliphatic carbocycles. The third kappa shape index (κ3) is 2.40. The lowest BCUT2D eigenvalue weighted by molar-refractivity contribution is 0.238. The van der Waals surface area contributed by atoms with E-state index in [0.717, 1.165) is 12.8 Å². The molecule has 3 nitrogen and oxygen atoms in total. The van der Waals surface area contributed by atoms with E-state index in [1.807, 2.05) is 0 Å². The summed E-state index contributed by atoms with van der Waals surface area (Å²) in [6, 6.07) is 7.38. The van der Waals surface area contributed by atoms with Crippen LogP contribution in [0.25, 0.3) is 0 Å². The fourth-order valence-corrected chi connectivity index (χ4v) is 1.78. The van der Waals surface area contributed by atoms with E-state index in [0.29, 0.717) is 29.5 Å². The van der Waals surface area contributed by atoms with Crippen molar-refractivity contribution in [3.05, 3.63) is 23.2 Å². The SMILES string of the molecule is N#CCC1(COc2ccc(Cl)cc2N)CC1. The first-order valence-corrected chi connectivity index (χ1v) is 5.58. The summed E-state index contributed by atoms with van der Waals surface area (Å²) in [4.78, 5) is 0. The summed E-state index contributed by atoms with van der Waals surface area (Å²) in [6.45, 7) is 0.562. The van der Waals surface area contributed by atoms with Gasteiger partial charge in [-0.05, 0) is 31.0 Å². The molecule has 0 atom stereocenters. The summed E-state index contributed by atoms with van der Waals surface area (Å²) < 4.78 is 5.64. The van der Waals surface area contributed by atoms with Crippen molar-refractivity contribution in [3.63, 3.8) is 0 Å². The fourth-order valence-electron chi connectivity index (χ4n) is 1.60. The van der Waals surface area contributed by atoms with Gasteiger partial charge in [0.25, 0.3) is 0 Å². The van der Waals surface area contributed by atoms with Gasteiger partial charge in [-0.25, -0.2) is 0 Å². The summed E-state index contributed by atoms with van der Waals surface area (Å²) in [5.74, 6) is 0.647. The summed E-state index contributed by atoms with van der Waals surface area (Å²) in [6.07, 6.45) is 2.68. The number of nitrogens with two attached hydrogens (primary N) is 1. The van der Waals surface area contributed by atoms with E-state index in [-0.39, 0.29) is 5.41 Å². The topological polar surface area (TPSA) is 59.0 Å². The highest BCUT2D eigenvalue weighted by molar-refractivity contribution is 6.30. The highest BCUT2D eigenvalue weighted by Gasteiger charge is 2.43. The number of nitrogen functional groups attached to an aromatic ring is 1. The number of nitriles is 1. The minimum absolute atomic E-state index is 0.0703. The Morgan fingerprint density at radius 2 is 2.25 bits per heavy atom. The minimum Gasteiger partial charge on any atom is -0.491 e. The second-order valence-electron chi connectivity index (χ2n) is 4.31. The van der Waals surface area contributed by atoms with Crippen molar-refractivity contribution in [3.8, 4) is 11.8 Å². The van der Waals surface area contributed by atoms with Gasteiger partial charge in [0.1, 0.15) is 5.75 Å². The number of ether oxygens (including phenoxy) is 1. The second kappa shape index (κ2) is 4.23. The van der Waals surface area contributed by atoms with Gasteiger partial charge in [0.2, 0.25) is 0 Å². The van der Waals surface area contributed by atoms with Gasteiger partial charge in [0, 0.05) is 16.9 Å². The van der Waals surface area contributed by atoms with Crippen LogP contribution >= 0.6 is 11.6 Å². The van der Waals surface area contributed by atoms with Crippen LogP contribution in [0.2, 0.25) is 5.02 Å². The summed E-state index contributed by atoms with van der Waals surface area (Å²) in [5.41, 5.74) is 6.38. The number of hydrogen-bond acceptors (Lipinski definition) is 3. The molecule has 0 spiro atoms. The lowest BCUT2D eigenvalue weighted by Crippen LogP contribution is -2.13. The first kappa shape index (κ1) is 11.1. The molecule has 0 aromatic heterocycles. The largest absolute Gasteiger partial charge is 0.491 e. The molecule has 1 aromatic rings. The summed E-state index contributed by atoms with van der Waals surface area (Å²) in [5, 5.41) is 9.28. The maximum atomic E-state index is 8.68. The van der Waals surface area contributed by atoms with E-state index in [1.54, 1.807) is 18.2 Å². The van der Waals surface area contributed by atoms with E-state index >= 15 is 0 Å². The van der Waals surface area contributed by atoms with E-state index in [1.165, 1.54) is 0 Å². The molecule has 1 aliphatic rings. The van der Waals surface area contributed by atoms with Gasteiger partial charge >= 0.3 is 0 Å². The van der Waals surface area contributed by atoms with Gasteiger partial charge < -0.3 is 10.5 Å². The molecule has 2 rings (SSSR count). The highest BCUT2D eigenvalue weighted by Crippen LogP contribution is 2.48. The Bertz CT molecular complexity index is 435. The molecule has 0 heterocycles. The quantitative estimate of drug-likeness (QED) is 0.818. The van der Waals surface area contributed by atoms with Gasteiger partial charge in [-0.15, -0.1) is 0 Å². The van der Waals surface area contributed by atoms with Gasteiger partial charge in [0.15, 0.2) is 0 Å². The van der Waals surface area contributed by atoms with Crippen LogP contribution in [-0.4, -0.2) is 6.61 Å². The third-order valence-corrected chi connectivity index (χ3v) is 3.15. The van der Waals surface area contributed by atoms with Crippen LogP contribution in [0.1, 0.15) is 19.3 Å². The first-order chi connectivity index (χ1) is 7.65. The van der Waals surface area contributed by atoms with Crippen LogP contribution in [0.5, 0.6) is 5.75 Å². The van der Waals surface area contributed by atoms with E-state index in [2.05, 4.69) is 6.07 Å². The van der Waals surface area contributed by atoms with Crippen molar-refractivity contribution in [2.75, 3.05) is 12.3 Å². The smallest absolute Gasteiger partial charge is 0.142 e.